The summed E-state index contributed by atoms with van der Waals surface area (Å²) in [5.74, 6) is 1.57. The van der Waals surface area contributed by atoms with Gasteiger partial charge in [-0.25, -0.2) is 0 Å². The van der Waals surface area contributed by atoms with Crippen molar-refractivity contribution in [3.8, 4) is 11.4 Å². The number of ether oxygens (including phenoxy) is 1. The van der Waals surface area contributed by atoms with E-state index in [1.807, 2.05) is 23.6 Å². The van der Waals surface area contributed by atoms with Crippen LogP contribution in [0.1, 0.15) is 18.8 Å². The van der Waals surface area contributed by atoms with Crippen molar-refractivity contribution in [2.45, 2.75) is 19.5 Å². The number of rotatable bonds is 4. The maximum atomic E-state index is 12.5. The van der Waals surface area contributed by atoms with Crippen molar-refractivity contribution in [3.63, 3.8) is 0 Å². The molecule has 1 atom stereocenters. The predicted molar refractivity (Wildman–Crippen MR) is 75.3 cm³/mol. The van der Waals surface area contributed by atoms with Crippen molar-refractivity contribution in [1.82, 2.24) is 24.6 Å². The highest BCUT2D eigenvalue weighted by Crippen LogP contribution is 2.27. The van der Waals surface area contributed by atoms with Crippen molar-refractivity contribution in [1.29, 1.82) is 0 Å². The molecule has 3 rings (SSSR count). The van der Waals surface area contributed by atoms with Crippen molar-refractivity contribution < 1.29 is 9.53 Å². The van der Waals surface area contributed by atoms with Gasteiger partial charge in [0, 0.05) is 31.6 Å². The van der Waals surface area contributed by atoms with Crippen LogP contribution in [0.2, 0.25) is 0 Å². The third kappa shape index (κ3) is 2.40. The molecule has 21 heavy (non-hydrogen) atoms. The van der Waals surface area contributed by atoms with Crippen LogP contribution in [0.15, 0.2) is 24.5 Å². The molecular formula is C14H17N5O2. The van der Waals surface area contributed by atoms with Crippen LogP contribution in [0.3, 0.4) is 0 Å². The van der Waals surface area contributed by atoms with Crippen molar-refractivity contribution in [3.05, 3.63) is 30.4 Å². The summed E-state index contributed by atoms with van der Waals surface area (Å²) in [5.41, 5.74) is 0.911. The van der Waals surface area contributed by atoms with Gasteiger partial charge in [-0.3, -0.25) is 14.3 Å². The molecule has 0 saturated heterocycles. The molecule has 3 heterocycles. The normalized spacial score (nSPS) is 17.9. The second-order valence-corrected chi connectivity index (χ2v) is 4.97. The van der Waals surface area contributed by atoms with E-state index in [0.717, 1.165) is 11.4 Å². The van der Waals surface area contributed by atoms with Gasteiger partial charge in [0.2, 0.25) is 5.91 Å². The number of hydrogen-bond acceptors (Lipinski definition) is 5. The van der Waals surface area contributed by atoms with Crippen LogP contribution >= 0.6 is 0 Å². The lowest BCUT2D eigenvalue weighted by Gasteiger charge is -2.31. The first-order valence-corrected chi connectivity index (χ1v) is 6.84. The molecule has 0 radical (unpaired) electrons. The Morgan fingerprint density at radius 3 is 2.81 bits per heavy atom. The molecule has 2 aromatic rings. The van der Waals surface area contributed by atoms with E-state index < -0.39 is 0 Å². The molecule has 7 nitrogen and oxygen atoms in total. The average Bonchev–Trinajstić information content (AvgIpc) is 2.94. The maximum Gasteiger partial charge on any atom is 0.245 e. The minimum atomic E-state index is -0.316. The van der Waals surface area contributed by atoms with Gasteiger partial charge in [-0.15, -0.1) is 10.2 Å². The summed E-state index contributed by atoms with van der Waals surface area (Å²) in [4.78, 5) is 18.2. The van der Waals surface area contributed by atoms with Gasteiger partial charge in [0.15, 0.2) is 11.6 Å². The summed E-state index contributed by atoms with van der Waals surface area (Å²) in [6.07, 6.45) is 3.41. The van der Waals surface area contributed by atoms with Crippen molar-refractivity contribution in [2.75, 3.05) is 20.3 Å². The lowest BCUT2D eigenvalue weighted by molar-refractivity contribution is -0.137. The summed E-state index contributed by atoms with van der Waals surface area (Å²) in [7, 11) is 1.63. The Balaban J connectivity index is 1.95. The van der Waals surface area contributed by atoms with Gasteiger partial charge in [-0.05, 0) is 19.1 Å². The number of aromatic nitrogens is 4. The maximum absolute atomic E-state index is 12.5. The molecule has 0 aliphatic carbocycles. The number of amides is 1. The van der Waals surface area contributed by atoms with Gasteiger partial charge in [-0.2, -0.15) is 0 Å². The number of nitrogens with zero attached hydrogens (tertiary/aromatic N) is 5. The largest absolute Gasteiger partial charge is 0.383 e. The SMILES string of the molecule is COCCN1Cc2nnc(-c3ccncc3)n2[C@@H](C)C1=O. The van der Waals surface area contributed by atoms with Crippen molar-refractivity contribution in [2.24, 2.45) is 0 Å². The zero-order valence-corrected chi connectivity index (χ0v) is 12.1. The van der Waals surface area contributed by atoms with E-state index in [2.05, 4.69) is 15.2 Å². The first-order chi connectivity index (χ1) is 10.2. The average molecular weight is 287 g/mol. The minimum absolute atomic E-state index is 0.0645. The fraction of sp³-hybridized carbons (Fsp3) is 0.429. The third-order valence-electron chi connectivity index (χ3n) is 3.66. The molecule has 1 aliphatic heterocycles. The fourth-order valence-corrected chi connectivity index (χ4v) is 2.55. The van der Waals surface area contributed by atoms with E-state index in [-0.39, 0.29) is 11.9 Å². The van der Waals surface area contributed by atoms with Crippen LogP contribution in [0.25, 0.3) is 11.4 Å². The van der Waals surface area contributed by atoms with Gasteiger partial charge in [0.05, 0.1) is 13.2 Å². The quantitative estimate of drug-likeness (QED) is 0.835. The molecule has 1 amide bonds. The third-order valence-corrected chi connectivity index (χ3v) is 3.66. The molecule has 7 heteroatoms. The molecular weight excluding hydrogens is 270 g/mol. The number of methoxy groups -OCH3 is 1. The van der Waals surface area contributed by atoms with Crippen molar-refractivity contribution >= 4 is 5.91 Å². The number of hydrogen-bond donors (Lipinski definition) is 0. The molecule has 0 fully saturated rings. The molecule has 0 unspecified atom stereocenters. The Bertz CT molecular complexity index is 640. The first-order valence-electron chi connectivity index (χ1n) is 6.84. The minimum Gasteiger partial charge on any atom is -0.383 e. The van der Waals surface area contributed by atoms with Gasteiger partial charge < -0.3 is 9.64 Å². The molecule has 0 bridgehead atoms. The Morgan fingerprint density at radius 1 is 1.33 bits per heavy atom. The molecule has 1 aliphatic rings. The second kappa shape index (κ2) is 5.61. The smallest absolute Gasteiger partial charge is 0.245 e. The molecule has 0 N–H and O–H groups in total. The lowest BCUT2D eigenvalue weighted by atomic mass is 10.1. The summed E-state index contributed by atoms with van der Waals surface area (Å²) in [5, 5.41) is 8.48. The highest BCUT2D eigenvalue weighted by molar-refractivity contribution is 5.82. The Kier molecular flexibility index (Phi) is 3.66. The molecule has 0 aromatic carbocycles. The molecule has 0 spiro atoms. The lowest BCUT2D eigenvalue weighted by Crippen LogP contribution is -2.43. The zero-order valence-electron chi connectivity index (χ0n) is 12.1. The zero-order chi connectivity index (χ0) is 14.8. The number of carbonyl (C=O) groups is 1. The van der Waals surface area contributed by atoms with Gasteiger partial charge in [0.25, 0.3) is 0 Å². The molecule has 110 valence electrons. The monoisotopic (exact) mass is 287 g/mol. The number of carbonyl (C=O) groups excluding carboxylic acids is 1. The van der Waals surface area contributed by atoms with Crippen LogP contribution in [0.4, 0.5) is 0 Å². The van der Waals surface area contributed by atoms with Crippen LogP contribution in [0.5, 0.6) is 0 Å². The van der Waals surface area contributed by atoms with Crippen LogP contribution in [-0.4, -0.2) is 50.8 Å². The topological polar surface area (TPSA) is 73.1 Å². The summed E-state index contributed by atoms with van der Waals surface area (Å²) in [6, 6.07) is 3.42. The Labute approximate surface area is 122 Å². The standard InChI is InChI=1S/C14H17N5O2/c1-10-14(20)18(7-8-21-2)9-12-16-17-13(19(10)12)11-3-5-15-6-4-11/h3-6,10H,7-9H2,1-2H3/t10-/m0/s1. The van der Waals surface area contributed by atoms with Gasteiger partial charge in [-0.1, -0.05) is 0 Å². The second-order valence-electron chi connectivity index (χ2n) is 4.97. The van der Waals surface area contributed by atoms with Crippen LogP contribution in [0, 0.1) is 0 Å². The Hall–Kier alpha value is -2.28. The van der Waals surface area contributed by atoms with Crippen LogP contribution in [-0.2, 0) is 16.1 Å². The van der Waals surface area contributed by atoms with E-state index in [4.69, 9.17) is 4.74 Å². The predicted octanol–water partition coefficient (Wildman–Crippen LogP) is 0.890. The molecule has 2 aromatic heterocycles. The van der Waals surface area contributed by atoms with E-state index in [9.17, 15) is 4.79 Å². The summed E-state index contributed by atoms with van der Waals surface area (Å²) >= 11 is 0. The van der Waals surface area contributed by atoms with E-state index in [0.29, 0.717) is 25.5 Å². The summed E-state index contributed by atoms with van der Waals surface area (Å²) in [6.45, 7) is 3.42. The molecule has 0 saturated carbocycles. The summed E-state index contributed by atoms with van der Waals surface area (Å²) < 4.78 is 6.95. The Morgan fingerprint density at radius 2 is 2.10 bits per heavy atom. The van der Waals surface area contributed by atoms with E-state index in [1.54, 1.807) is 24.4 Å². The highest BCUT2D eigenvalue weighted by atomic mass is 16.5. The van der Waals surface area contributed by atoms with E-state index >= 15 is 0 Å². The van der Waals surface area contributed by atoms with E-state index in [1.165, 1.54) is 0 Å². The van der Waals surface area contributed by atoms with Gasteiger partial charge in [0.1, 0.15) is 6.04 Å². The number of fused-ring (bicyclic) bond motifs is 1. The first kappa shape index (κ1) is 13.7. The van der Waals surface area contributed by atoms with Gasteiger partial charge >= 0.3 is 0 Å². The number of pyridine rings is 1. The fourth-order valence-electron chi connectivity index (χ4n) is 2.55. The van der Waals surface area contributed by atoms with Crippen LogP contribution < -0.4 is 0 Å². The highest BCUT2D eigenvalue weighted by Gasteiger charge is 2.33.